The van der Waals surface area contributed by atoms with E-state index in [1.54, 1.807) is 17.6 Å². The summed E-state index contributed by atoms with van der Waals surface area (Å²) in [4.78, 5) is 2.94. The van der Waals surface area contributed by atoms with E-state index in [4.69, 9.17) is 9.15 Å². The average Bonchev–Trinajstić information content (AvgIpc) is 3.03. The molecule has 0 fully saturated rings. The third-order valence-corrected chi connectivity index (χ3v) is 5.39. The molecule has 1 atom stereocenters. The maximum Gasteiger partial charge on any atom is 0.129 e. The van der Waals surface area contributed by atoms with E-state index in [2.05, 4.69) is 17.4 Å². The Balaban J connectivity index is 1.85. The molecule has 0 aliphatic heterocycles. The topological polar surface area (TPSA) is 34.4 Å². The van der Waals surface area contributed by atoms with E-state index < -0.39 is 0 Å². The molecule has 1 aliphatic carbocycles. The smallest absolute Gasteiger partial charge is 0.129 e. The maximum absolute atomic E-state index is 5.91. The normalized spacial score (nSPS) is 16.5. The summed E-state index contributed by atoms with van der Waals surface area (Å²) >= 11 is 1.95. The van der Waals surface area contributed by atoms with Gasteiger partial charge >= 0.3 is 0 Å². The number of hydrogen-bond donors (Lipinski definition) is 1. The lowest BCUT2D eigenvalue weighted by molar-refractivity contribution is 0.162. The van der Waals surface area contributed by atoms with Crippen molar-refractivity contribution >= 4 is 11.3 Å². The van der Waals surface area contributed by atoms with E-state index >= 15 is 0 Å². The number of nitrogens with one attached hydrogen (secondary N) is 1. The minimum atomic E-state index is 0.146. The van der Waals surface area contributed by atoms with E-state index in [9.17, 15) is 0 Å². The van der Waals surface area contributed by atoms with Gasteiger partial charge in [0.1, 0.15) is 24.2 Å². The summed E-state index contributed by atoms with van der Waals surface area (Å²) in [5, 5.41) is 3.39. The lowest BCUT2D eigenvalue weighted by Crippen LogP contribution is -2.15. The summed E-state index contributed by atoms with van der Waals surface area (Å²) < 4.78 is 11.0. The summed E-state index contributed by atoms with van der Waals surface area (Å²) in [5.74, 6) is 1.85. The first kappa shape index (κ1) is 14.8. The lowest BCUT2D eigenvalue weighted by atomic mass is 10.1. The highest BCUT2D eigenvalue weighted by atomic mass is 32.1. The van der Waals surface area contributed by atoms with E-state index in [0.29, 0.717) is 6.61 Å². The van der Waals surface area contributed by atoms with Crippen LogP contribution < -0.4 is 5.32 Å². The van der Waals surface area contributed by atoms with Gasteiger partial charge in [-0.1, -0.05) is 6.42 Å². The van der Waals surface area contributed by atoms with Crippen molar-refractivity contribution in [3.05, 3.63) is 45.0 Å². The van der Waals surface area contributed by atoms with Crippen LogP contribution in [0.15, 0.2) is 22.6 Å². The second-order valence-electron chi connectivity index (χ2n) is 5.62. The molecule has 0 bridgehead atoms. The van der Waals surface area contributed by atoms with Gasteiger partial charge in [0.05, 0.1) is 0 Å². The first-order chi connectivity index (χ1) is 10.3. The standard InChI is InChI=1S/C17H23NO2S/c1-18-17(14-9-8-13(20-14)11-19-2)16-10-12-6-4-3-5-7-15(12)21-16/h8-10,17-18H,3-7,11H2,1-2H3. The number of fused-ring (bicyclic) bond motifs is 1. The molecule has 1 N–H and O–H groups in total. The van der Waals surface area contributed by atoms with E-state index in [0.717, 1.165) is 11.5 Å². The highest BCUT2D eigenvalue weighted by Gasteiger charge is 2.21. The quantitative estimate of drug-likeness (QED) is 0.846. The van der Waals surface area contributed by atoms with Gasteiger partial charge in [0.25, 0.3) is 0 Å². The molecule has 0 saturated heterocycles. The van der Waals surface area contributed by atoms with Gasteiger partial charge in [-0.15, -0.1) is 11.3 Å². The molecule has 3 rings (SSSR count). The molecule has 2 heterocycles. The van der Waals surface area contributed by atoms with Crippen molar-refractivity contribution in [1.29, 1.82) is 0 Å². The fraction of sp³-hybridized carbons (Fsp3) is 0.529. The van der Waals surface area contributed by atoms with Crippen LogP contribution in [0.1, 0.15) is 52.1 Å². The first-order valence-electron chi connectivity index (χ1n) is 7.68. The van der Waals surface area contributed by atoms with Crippen molar-refractivity contribution in [3.8, 4) is 0 Å². The van der Waals surface area contributed by atoms with Gasteiger partial charge in [0.15, 0.2) is 0 Å². The van der Waals surface area contributed by atoms with Crippen molar-refractivity contribution in [2.75, 3.05) is 14.2 Å². The monoisotopic (exact) mass is 305 g/mol. The second-order valence-corrected chi connectivity index (χ2v) is 6.78. The SMILES string of the molecule is CNC(c1ccc(COC)o1)c1cc2c(s1)CCCCC2. The Kier molecular flexibility index (Phi) is 4.78. The van der Waals surface area contributed by atoms with Crippen LogP contribution in [0.5, 0.6) is 0 Å². The van der Waals surface area contributed by atoms with Crippen molar-refractivity contribution in [2.45, 2.75) is 44.8 Å². The van der Waals surface area contributed by atoms with Gasteiger partial charge in [-0.3, -0.25) is 0 Å². The number of ether oxygens (including phenoxy) is 1. The summed E-state index contributed by atoms with van der Waals surface area (Å²) in [6.07, 6.45) is 6.49. The number of methoxy groups -OCH3 is 1. The number of furan rings is 1. The fourth-order valence-electron chi connectivity index (χ4n) is 3.03. The molecule has 4 heteroatoms. The number of rotatable bonds is 5. The molecule has 114 valence electrons. The molecule has 0 radical (unpaired) electrons. The third kappa shape index (κ3) is 3.23. The Morgan fingerprint density at radius 1 is 1.29 bits per heavy atom. The van der Waals surface area contributed by atoms with Gasteiger partial charge in [-0.25, -0.2) is 0 Å². The molecule has 3 nitrogen and oxygen atoms in total. The molecule has 1 aliphatic rings. The molecule has 1 unspecified atom stereocenters. The maximum atomic E-state index is 5.91. The zero-order valence-corrected chi connectivity index (χ0v) is 13.6. The molecule has 0 aromatic carbocycles. The largest absolute Gasteiger partial charge is 0.462 e. The molecular formula is C17H23NO2S. The van der Waals surface area contributed by atoms with Crippen molar-refractivity contribution in [3.63, 3.8) is 0 Å². The van der Waals surface area contributed by atoms with Crippen LogP contribution in [0, 0.1) is 0 Å². The Bertz CT molecular complexity index is 564. The van der Waals surface area contributed by atoms with Gasteiger partial charge in [-0.2, -0.15) is 0 Å². The van der Waals surface area contributed by atoms with Crippen LogP contribution >= 0.6 is 11.3 Å². The summed E-state index contributed by atoms with van der Waals surface area (Å²) in [6, 6.07) is 6.58. The van der Waals surface area contributed by atoms with Gasteiger partial charge in [0.2, 0.25) is 0 Å². The summed E-state index contributed by atoms with van der Waals surface area (Å²) in [7, 11) is 3.68. The van der Waals surface area contributed by atoms with E-state index in [1.807, 2.05) is 24.5 Å². The molecule has 0 amide bonds. The van der Waals surface area contributed by atoms with Crippen LogP contribution in [0.3, 0.4) is 0 Å². The van der Waals surface area contributed by atoms with E-state index in [-0.39, 0.29) is 6.04 Å². The Morgan fingerprint density at radius 3 is 2.95 bits per heavy atom. The zero-order valence-electron chi connectivity index (χ0n) is 12.8. The zero-order chi connectivity index (χ0) is 14.7. The third-order valence-electron chi connectivity index (χ3n) is 4.09. The van der Waals surface area contributed by atoms with Crippen molar-refractivity contribution < 1.29 is 9.15 Å². The predicted molar refractivity (Wildman–Crippen MR) is 85.9 cm³/mol. The second kappa shape index (κ2) is 6.77. The highest BCUT2D eigenvalue weighted by Crippen LogP contribution is 2.35. The lowest BCUT2D eigenvalue weighted by Gasteiger charge is -2.11. The summed E-state index contributed by atoms with van der Waals surface area (Å²) in [5.41, 5.74) is 1.55. The highest BCUT2D eigenvalue weighted by molar-refractivity contribution is 7.12. The van der Waals surface area contributed by atoms with E-state index in [1.165, 1.54) is 37.0 Å². The first-order valence-corrected chi connectivity index (χ1v) is 8.49. The number of aryl methyl sites for hydroxylation is 2. The van der Waals surface area contributed by atoms with Crippen molar-refractivity contribution in [1.82, 2.24) is 5.32 Å². The molecule has 21 heavy (non-hydrogen) atoms. The van der Waals surface area contributed by atoms with Gasteiger partial charge in [-0.05, 0) is 56.5 Å². The van der Waals surface area contributed by atoms with Crippen LogP contribution in [-0.4, -0.2) is 14.2 Å². The minimum Gasteiger partial charge on any atom is -0.462 e. The molecular weight excluding hydrogens is 282 g/mol. The Labute approximate surface area is 130 Å². The summed E-state index contributed by atoms with van der Waals surface area (Å²) in [6.45, 7) is 0.525. The van der Waals surface area contributed by atoms with Crippen LogP contribution in [0.25, 0.3) is 0 Å². The minimum absolute atomic E-state index is 0.146. The molecule has 0 saturated carbocycles. The molecule has 2 aromatic rings. The van der Waals surface area contributed by atoms with Crippen molar-refractivity contribution in [2.24, 2.45) is 0 Å². The van der Waals surface area contributed by atoms with Crippen LogP contribution in [-0.2, 0) is 24.2 Å². The van der Waals surface area contributed by atoms with Gasteiger partial charge in [0, 0.05) is 16.9 Å². The number of hydrogen-bond acceptors (Lipinski definition) is 4. The molecule has 0 spiro atoms. The number of thiophene rings is 1. The van der Waals surface area contributed by atoms with Gasteiger partial charge < -0.3 is 14.5 Å². The van der Waals surface area contributed by atoms with Crippen LogP contribution in [0.2, 0.25) is 0 Å². The average molecular weight is 305 g/mol. The molecule has 2 aromatic heterocycles. The van der Waals surface area contributed by atoms with Crippen LogP contribution in [0.4, 0.5) is 0 Å². The fourth-order valence-corrected chi connectivity index (χ4v) is 4.40. The Morgan fingerprint density at radius 2 is 2.14 bits per heavy atom. The predicted octanol–water partition coefficient (Wildman–Crippen LogP) is 4.07. The Hall–Kier alpha value is -1.10.